The third-order valence-electron chi connectivity index (χ3n) is 2.33. The Morgan fingerprint density at radius 3 is 2.83 bits per heavy atom. The lowest BCUT2D eigenvalue weighted by Crippen LogP contribution is -2.37. The molecule has 2 atom stereocenters. The van der Waals surface area contributed by atoms with Gasteiger partial charge >= 0.3 is 0 Å². The van der Waals surface area contributed by atoms with E-state index in [2.05, 4.69) is 31.3 Å². The van der Waals surface area contributed by atoms with Crippen LogP contribution in [0.3, 0.4) is 0 Å². The van der Waals surface area contributed by atoms with Crippen molar-refractivity contribution in [1.29, 1.82) is 0 Å². The lowest BCUT2D eigenvalue weighted by molar-refractivity contribution is -0.117. The van der Waals surface area contributed by atoms with E-state index in [-0.39, 0.29) is 18.0 Å². The lowest BCUT2D eigenvalue weighted by atomic mass is 10.1. The molecule has 0 bridgehead atoms. The molecule has 0 saturated carbocycles. The SMILES string of the molecule is CC(N)NCCCC[C@H](N)C(=O)Nc1nn[nH]n1. The highest BCUT2D eigenvalue weighted by atomic mass is 16.2. The van der Waals surface area contributed by atoms with E-state index in [0.717, 1.165) is 19.4 Å². The molecule has 18 heavy (non-hydrogen) atoms. The molecule has 102 valence electrons. The van der Waals surface area contributed by atoms with Crippen LogP contribution < -0.4 is 22.1 Å². The fraction of sp³-hybridized carbons (Fsp3) is 0.778. The molecule has 1 unspecified atom stereocenters. The number of unbranched alkanes of at least 4 members (excludes halogenated alkanes) is 1. The second-order valence-electron chi connectivity index (χ2n) is 4.07. The predicted octanol–water partition coefficient (Wildman–Crippen LogP) is -1.47. The molecule has 0 fully saturated rings. The lowest BCUT2D eigenvalue weighted by Gasteiger charge is -2.11. The van der Waals surface area contributed by atoms with Crippen molar-refractivity contribution in [1.82, 2.24) is 25.9 Å². The van der Waals surface area contributed by atoms with Crippen LogP contribution >= 0.6 is 0 Å². The van der Waals surface area contributed by atoms with Gasteiger partial charge in [0.25, 0.3) is 5.95 Å². The van der Waals surface area contributed by atoms with Gasteiger partial charge in [-0.05, 0) is 31.5 Å². The molecule has 1 heterocycles. The fourth-order valence-corrected chi connectivity index (χ4v) is 1.37. The van der Waals surface area contributed by atoms with Gasteiger partial charge in [-0.2, -0.15) is 5.21 Å². The molecule has 0 aliphatic heterocycles. The number of aromatic nitrogens is 4. The smallest absolute Gasteiger partial charge is 0.269 e. The van der Waals surface area contributed by atoms with Crippen LogP contribution in [0.25, 0.3) is 0 Å². The summed E-state index contributed by atoms with van der Waals surface area (Å²) in [4.78, 5) is 11.6. The first kappa shape index (κ1) is 14.5. The molecule has 0 aliphatic carbocycles. The first-order valence-corrected chi connectivity index (χ1v) is 5.88. The Balaban J connectivity index is 2.12. The largest absolute Gasteiger partial charge is 0.320 e. The van der Waals surface area contributed by atoms with Crippen molar-refractivity contribution < 1.29 is 4.79 Å². The Morgan fingerprint density at radius 1 is 1.44 bits per heavy atom. The Morgan fingerprint density at radius 2 is 2.22 bits per heavy atom. The number of H-pyrrole nitrogens is 1. The van der Waals surface area contributed by atoms with E-state index in [1.54, 1.807) is 0 Å². The van der Waals surface area contributed by atoms with E-state index < -0.39 is 6.04 Å². The summed E-state index contributed by atoms with van der Waals surface area (Å²) >= 11 is 0. The van der Waals surface area contributed by atoms with Gasteiger partial charge in [-0.15, -0.1) is 5.10 Å². The second-order valence-corrected chi connectivity index (χ2v) is 4.07. The molecular formula is C9H20N8O. The van der Waals surface area contributed by atoms with Crippen LogP contribution in [0.5, 0.6) is 0 Å². The number of aromatic amines is 1. The van der Waals surface area contributed by atoms with E-state index >= 15 is 0 Å². The summed E-state index contributed by atoms with van der Waals surface area (Å²) in [6.45, 7) is 2.70. The fourth-order valence-electron chi connectivity index (χ4n) is 1.37. The van der Waals surface area contributed by atoms with Crippen molar-refractivity contribution in [2.75, 3.05) is 11.9 Å². The molecule has 9 heteroatoms. The molecule has 0 saturated heterocycles. The van der Waals surface area contributed by atoms with E-state index in [0.29, 0.717) is 6.42 Å². The van der Waals surface area contributed by atoms with Gasteiger partial charge in [-0.1, -0.05) is 11.5 Å². The second kappa shape index (κ2) is 7.69. The molecule has 0 aliphatic rings. The Bertz CT molecular complexity index is 338. The number of carbonyl (C=O) groups is 1. The number of hydrogen-bond acceptors (Lipinski definition) is 7. The van der Waals surface area contributed by atoms with Gasteiger partial charge in [-0.3, -0.25) is 10.1 Å². The van der Waals surface area contributed by atoms with Crippen LogP contribution in [0.15, 0.2) is 0 Å². The number of nitrogens with zero attached hydrogens (tertiary/aromatic N) is 3. The summed E-state index contributed by atoms with van der Waals surface area (Å²) in [5, 5.41) is 18.3. The zero-order chi connectivity index (χ0) is 13.4. The number of nitrogens with two attached hydrogens (primary N) is 2. The number of anilines is 1. The van der Waals surface area contributed by atoms with Gasteiger partial charge in [0.1, 0.15) is 0 Å². The maximum absolute atomic E-state index is 11.6. The summed E-state index contributed by atoms with van der Waals surface area (Å²) in [7, 11) is 0. The highest BCUT2D eigenvalue weighted by Gasteiger charge is 2.14. The first-order chi connectivity index (χ1) is 8.59. The standard InChI is InChI=1S/C9H20N8O/c1-6(10)12-5-3-2-4-7(11)8(18)13-9-14-16-17-15-9/h6-7,12H,2-5,10-11H2,1H3,(H2,13,14,15,16,17,18)/t6?,7-/m0/s1. The van der Waals surface area contributed by atoms with Crippen molar-refractivity contribution >= 4 is 11.9 Å². The van der Waals surface area contributed by atoms with Gasteiger partial charge in [0.05, 0.1) is 12.2 Å². The van der Waals surface area contributed by atoms with Gasteiger partial charge < -0.3 is 16.8 Å². The van der Waals surface area contributed by atoms with E-state index in [9.17, 15) is 4.79 Å². The maximum Gasteiger partial charge on any atom is 0.269 e. The van der Waals surface area contributed by atoms with Gasteiger partial charge in [0.2, 0.25) is 5.91 Å². The van der Waals surface area contributed by atoms with Crippen molar-refractivity contribution in [2.45, 2.75) is 38.4 Å². The predicted molar refractivity (Wildman–Crippen MR) is 66.3 cm³/mol. The summed E-state index contributed by atoms with van der Waals surface area (Å²) < 4.78 is 0. The number of nitrogens with one attached hydrogen (secondary N) is 3. The Kier molecular flexibility index (Phi) is 6.19. The third kappa shape index (κ3) is 5.66. The summed E-state index contributed by atoms with van der Waals surface area (Å²) in [5.74, 6) is -0.175. The minimum atomic E-state index is -0.571. The van der Waals surface area contributed by atoms with Gasteiger partial charge in [0.15, 0.2) is 0 Å². The van der Waals surface area contributed by atoms with Crippen LogP contribution in [0.1, 0.15) is 26.2 Å². The summed E-state index contributed by atoms with van der Waals surface area (Å²) in [5.41, 5.74) is 11.3. The molecule has 0 spiro atoms. The van der Waals surface area contributed by atoms with Crippen molar-refractivity contribution in [3.63, 3.8) is 0 Å². The molecule has 1 aromatic heterocycles. The van der Waals surface area contributed by atoms with E-state index in [4.69, 9.17) is 11.5 Å². The highest BCUT2D eigenvalue weighted by Crippen LogP contribution is 2.01. The van der Waals surface area contributed by atoms with Gasteiger partial charge in [0, 0.05) is 0 Å². The average Bonchev–Trinajstić information content (AvgIpc) is 2.80. The van der Waals surface area contributed by atoms with Crippen molar-refractivity contribution in [3.05, 3.63) is 0 Å². The molecular weight excluding hydrogens is 236 g/mol. The number of amides is 1. The average molecular weight is 256 g/mol. The zero-order valence-corrected chi connectivity index (χ0v) is 10.4. The van der Waals surface area contributed by atoms with Crippen LogP contribution in [-0.2, 0) is 4.79 Å². The molecule has 7 N–H and O–H groups in total. The molecule has 1 rings (SSSR count). The number of hydrogen-bond donors (Lipinski definition) is 5. The highest BCUT2D eigenvalue weighted by molar-refractivity contribution is 5.92. The Labute approximate surface area is 105 Å². The molecule has 1 amide bonds. The van der Waals surface area contributed by atoms with Crippen molar-refractivity contribution in [3.8, 4) is 0 Å². The quantitative estimate of drug-likeness (QED) is 0.281. The molecule has 0 radical (unpaired) electrons. The molecule has 9 nitrogen and oxygen atoms in total. The molecule has 1 aromatic rings. The number of carbonyl (C=O) groups excluding carboxylic acids is 1. The van der Waals surface area contributed by atoms with Crippen LogP contribution in [-0.4, -0.2) is 45.3 Å². The third-order valence-corrected chi connectivity index (χ3v) is 2.33. The van der Waals surface area contributed by atoms with Gasteiger partial charge in [-0.25, -0.2) is 0 Å². The minimum absolute atomic E-state index is 0.0137. The number of rotatable bonds is 8. The Hall–Kier alpha value is -1.58. The summed E-state index contributed by atoms with van der Waals surface area (Å²) in [6, 6.07) is -0.571. The first-order valence-electron chi connectivity index (χ1n) is 5.88. The van der Waals surface area contributed by atoms with Crippen LogP contribution in [0.4, 0.5) is 5.95 Å². The summed E-state index contributed by atoms with van der Waals surface area (Å²) in [6.07, 6.45) is 2.36. The normalized spacial score (nSPS) is 14.2. The van der Waals surface area contributed by atoms with Crippen molar-refractivity contribution in [2.24, 2.45) is 11.5 Å². The van der Waals surface area contributed by atoms with E-state index in [1.807, 2.05) is 6.92 Å². The zero-order valence-electron chi connectivity index (χ0n) is 10.4. The van der Waals surface area contributed by atoms with Crippen LogP contribution in [0, 0.1) is 0 Å². The topological polar surface area (TPSA) is 148 Å². The minimum Gasteiger partial charge on any atom is -0.320 e. The van der Waals surface area contributed by atoms with E-state index in [1.165, 1.54) is 0 Å². The monoisotopic (exact) mass is 256 g/mol. The van der Waals surface area contributed by atoms with Crippen LogP contribution in [0.2, 0.25) is 0 Å². The number of tetrazole rings is 1. The molecule has 0 aromatic carbocycles. The maximum atomic E-state index is 11.6.